The van der Waals surface area contributed by atoms with Gasteiger partial charge in [-0.2, -0.15) is 0 Å². The van der Waals surface area contributed by atoms with Crippen molar-refractivity contribution >= 4 is 17.6 Å². The lowest BCUT2D eigenvalue weighted by molar-refractivity contribution is -0.120. The molecule has 0 radical (unpaired) electrons. The second-order valence-electron chi connectivity index (χ2n) is 6.35. The van der Waals surface area contributed by atoms with E-state index in [4.69, 9.17) is 0 Å². The molecule has 0 aliphatic carbocycles. The van der Waals surface area contributed by atoms with Crippen molar-refractivity contribution in [3.63, 3.8) is 0 Å². The number of carbonyl (C=O) groups is 2. The summed E-state index contributed by atoms with van der Waals surface area (Å²) in [6, 6.07) is 9.25. The minimum Gasteiger partial charge on any atom is -0.478 e. The molecule has 0 aliphatic heterocycles. The number of nitrogens with one attached hydrogen (secondary N) is 1. The summed E-state index contributed by atoms with van der Waals surface area (Å²) >= 11 is 0. The molecule has 1 amide bonds. The van der Waals surface area contributed by atoms with Crippen molar-refractivity contribution in [3.05, 3.63) is 64.5 Å². The number of halogens is 1. The SMILES string of the molecule is Cc1cc(C)c(C(=O)O)cc1NC(=O)C(C)(C)c1ccccc1F. The summed E-state index contributed by atoms with van der Waals surface area (Å²) in [5.41, 5.74) is 1.07. The van der Waals surface area contributed by atoms with E-state index in [0.717, 1.165) is 5.56 Å². The van der Waals surface area contributed by atoms with Crippen molar-refractivity contribution in [3.8, 4) is 0 Å². The molecule has 0 aliphatic rings. The van der Waals surface area contributed by atoms with Gasteiger partial charge in [0.15, 0.2) is 0 Å². The van der Waals surface area contributed by atoms with E-state index in [1.165, 1.54) is 12.1 Å². The van der Waals surface area contributed by atoms with Crippen LogP contribution in [-0.2, 0) is 10.2 Å². The van der Waals surface area contributed by atoms with Gasteiger partial charge in [0.1, 0.15) is 5.82 Å². The standard InChI is InChI=1S/C19H20FNO3/c1-11-9-12(2)16(10-13(11)17(22)23)21-18(24)19(3,4)14-7-5-6-8-15(14)20/h5-10H,1-4H3,(H,21,24)(H,22,23). The number of aromatic carboxylic acids is 1. The Morgan fingerprint density at radius 3 is 2.29 bits per heavy atom. The summed E-state index contributed by atoms with van der Waals surface area (Å²) in [5, 5.41) is 12.0. The lowest BCUT2D eigenvalue weighted by Crippen LogP contribution is -2.35. The maximum Gasteiger partial charge on any atom is 0.336 e. The Morgan fingerprint density at radius 1 is 1.08 bits per heavy atom. The number of hydrogen-bond donors (Lipinski definition) is 2. The van der Waals surface area contributed by atoms with Crippen LogP contribution in [0.2, 0.25) is 0 Å². The third-order valence-corrected chi connectivity index (χ3v) is 4.16. The third kappa shape index (κ3) is 3.30. The highest BCUT2D eigenvalue weighted by atomic mass is 19.1. The Balaban J connectivity index is 2.38. The Bertz CT molecular complexity index is 812. The van der Waals surface area contributed by atoms with Crippen LogP contribution >= 0.6 is 0 Å². The molecule has 2 aromatic rings. The van der Waals surface area contributed by atoms with Gasteiger partial charge in [-0.15, -0.1) is 0 Å². The fraction of sp³-hybridized carbons (Fsp3) is 0.263. The predicted octanol–water partition coefficient (Wildman–Crippen LogP) is 4.06. The van der Waals surface area contributed by atoms with Crippen LogP contribution in [0.4, 0.5) is 10.1 Å². The summed E-state index contributed by atoms with van der Waals surface area (Å²) in [6.45, 7) is 6.74. The highest BCUT2D eigenvalue weighted by Gasteiger charge is 2.32. The van der Waals surface area contributed by atoms with E-state index in [1.807, 2.05) is 0 Å². The first-order valence-corrected chi connectivity index (χ1v) is 7.55. The number of carbonyl (C=O) groups excluding carboxylic acids is 1. The molecule has 0 unspecified atom stereocenters. The molecule has 0 fully saturated rings. The van der Waals surface area contributed by atoms with Gasteiger partial charge in [-0.25, -0.2) is 9.18 Å². The molecule has 0 atom stereocenters. The van der Waals surface area contributed by atoms with Crippen molar-refractivity contribution in [1.29, 1.82) is 0 Å². The van der Waals surface area contributed by atoms with E-state index in [-0.39, 0.29) is 11.1 Å². The van der Waals surface area contributed by atoms with Gasteiger partial charge in [-0.05, 0) is 51.0 Å². The van der Waals surface area contributed by atoms with Gasteiger partial charge < -0.3 is 10.4 Å². The Hall–Kier alpha value is -2.69. The Morgan fingerprint density at radius 2 is 1.71 bits per heavy atom. The van der Waals surface area contributed by atoms with E-state index in [2.05, 4.69) is 5.32 Å². The van der Waals surface area contributed by atoms with E-state index in [9.17, 15) is 19.1 Å². The van der Waals surface area contributed by atoms with Crippen LogP contribution in [0.3, 0.4) is 0 Å². The van der Waals surface area contributed by atoms with Crippen LogP contribution in [0, 0.1) is 19.7 Å². The van der Waals surface area contributed by atoms with Crippen molar-refractivity contribution in [2.75, 3.05) is 5.32 Å². The molecule has 0 saturated carbocycles. The van der Waals surface area contributed by atoms with Gasteiger partial charge in [-0.1, -0.05) is 24.3 Å². The van der Waals surface area contributed by atoms with Crippen molar-refractivity contribution in [2.24, 2.45) is 0 Å². The monoisotopic (exact) mass is 329 g/mol. The maximum absolute atomic E-state index is 14.0. The largest absolute Gasteiger partial charge is 0.478 e. The zero-order valence-electron chi connectivity index (χ0n) is 14.1. The van der Waals surface area contributed by atoms with Crippen LogP contribution in [0.25, 0.3) is 0 Å². The maximum atomic E-state index is 14.0. The lowest BCUT2D eigenvalue weighted by atomic mass is 9.83. The number of carboxylic acids is 1. The lowest BCUT2D eigenvalue weighted by Gasteiger charge is -2.25. The molecule has 0 heterocycles. The third-order valence-electron chi connectivity index (χ3n) is 4.16. The van der Waals surface area contributed by atoms with Crippen LogP contribution in [0.5, 0.6) is 0 Å². The van der Waals surface area contributed by atoms with Gasteiger partial charge in [0.25, 0.3) is 0 Å². The second-order valence-corrected chi connectivity index (χ2v) is 6.35. The molecule has 0 spiro atoms. The summed E-state index contributed by atoms with van der Waals surface area (Å²) in [6.07, 6.45) is 0. The minimum absolute atomic E-state index is 0.125. The van der Waals surface area contributed by atoms with Gasteiger partial charge in [0, 0.05) is 11.3 Å². The molecule has 2 aromatic carbocycles. The first-order valence-electron chi connectivity index (χ1n) is 7.55. The topological polar surface area (TPSA) is 66.4 Å². The van der Waals surface area contributed by atoms with Gasteiger partial charge in [-0.3, -0.25) is 4.79 Å². The summed E-state index contributed by atoms with van der Waals surface area (Å²) < 4.78 is 14.0. The predicted molar refractivity (Wildman–Crippen MR) is 90.9 cm³/mol. The van der Waals surface area contributed by atoms with E-state index in [1.54, 1.807) is 52.0 Å². The van der Waals surface area contributed by atoms with Crippen LogP contribution in [-0.4, -0.2) is 17.0 Å². The fourth-order valence-electron chi connectivity index (χ4n) is 2.59. The molecule has 0 bridgehead atoms. The van der Waals surface area contributed by atoms with Gasteiger partial charge in [0.05, 0.1) is 11.0 Å². The number of anilines is 1. The van der Waals surface area contributed by atoms with Crippen LogP contribution < -0.4 is 5.32 Å². The number of rotatable bonds is 4. The van der Waals surface area contributed by atoms with Crippen molar-refractivity contribution in [2.45, 2.75) is 33.1 Å². The molecule has 2 N–H and O–H groups in total. The van der Waals surface area contributed by atoms with Gasteiger partial charge >= 0.3 is 5.97 Å². The van der Waals surface area contributed by atoms with Crippen LogP contribution in [0.1, 0.15) is 40.9 Å². The van der Waals surface area contributed by atoms with E-state index >= 15 is 0 Å². The molecule has 24 heavy (non-hydrogen) atoms. The average molecular weight is 329 g/mol. The number of amides is 1. The fourth-order valence-corrected chi connectivity index (χ4v) is 2.59. The van der Waals surface area contributed by atoms with Crippen molar-refractivity contribution in [1.82, 2.24) is 0 Å². The summed E-state index contributed by atoms with van der Waals surface area (Å²) in [7, 11) is 0. The summed E-state index contributed by atoms with van der Waals surface area (Å²) in [5.74, 6) is -1.92. The molecule has 0 aromatic heterocycles. The smallest absolute Gasteiger partial charge is 0.336 e. The van der Waals surface area contributed by atoms with Crippen LogP contribution in [0.15, 0.2) is 36.4 Å². The summed E-state index contributed by atoms with van der Waals surface area (Å²) in [4.78, 5) is 24.0. The quantitative estimate of drug-likeness (QED) is 0.889. The molecule has 126 valence electrons. The molecule has 0 saturated heterocycles. The van der Waals surface area contributed by atoms with E-state index in [0.29, 0.717) is 11.3 Å². The number of hydrogen-bond acceptors (Lipinski definition) is 2. The van der Waals surface area contributed by atoms with Gasteiger partial charge in [0.2, 0.25) is 5.91 Å². The average Bonchev–Trinajstić information content (AvgIpc) is 2.49. The number of aryl methyl sites for hydroxylation is 2. The zero-order chi connectivity index (χ0) is 18.1. The molecular formula is C19H20FNO3. The normalized spacial score (nSPS) is 11.2. The van der Waals surface area contributed by atoms with Crippen molar-refractivity contribution < 1.29 is 19.1 Å². The molecule has 2 rings (SSSR count). The van der Waals surface area contributed by atoms with E-state index < -0.39 is 23.1 Å². The number of benzene rings is 2. The first-order chi connectivity index (χ1) is 11.1. The Labute approximate surface area is 140 Å². The highest BCUT2D eigenvalue weighted by molar-refractivity contribution is 6.00. The highest BCUT2D eigenvalue weighted by Crippen LogP contribution is 2.29. The molecule has 4 nitrogen and oxygen atoms in total. The number of carboxylic acid groups (broad SMARTS) is 1. The molecular weight excluding hydrogens is 309 g/mol. The second kappa shape index (κ2) is 6.43. The zero-order valence-corrected chi connectivity index (χ0v) is 14.1. The Kier molecular flexibility index (Phi) is 4.73. The molecule has 5 heteroatoms. The first kappa shape index (κ1) is 17.7. The minimum atomic E-state index is -1.11.